The van der Waals surface area contributed by atoms with Crippen LogP contribution in [0, 0.1) is 31.0 Å². The van der Waals surface area contributed by atoms with Gasteiger partial charge in [-0.15, -0.1) is 0 Å². The normalized spacial score (nSPS) is 22.7. The van der Waals surface area contributed by atoms with E-state index in [0.29, 0.717) is 23.3 Å². The summed E-state index contributed by atoms with van der Waals surface area (Å²) in [4.78, 5) is 0.0606. The summed E-state index contributed by atoms with van der Waals surface area (Å²) < 4.78 is 40.8. The number of thioether (sulfide) groups is 1. The van der Waals surface area contributed by atoms with Gasteiger partial charge in [-0.25, -0.2) is 12.8 Å². The Bertz CT molecular complexity index is 651. The Hall–Kier alpha value is -1.10. The van der Waals surface area contributed by atoms with Crippen molar-refractivity contribution in [2.24, 2.45) is 0 Å². The summed E-state index contributed by atoms with van der Waals surface area (Å²) >= 11 is 1.54. The van der Waals surface area contributed by atoms with Crippen LogP contribution in [-0.2, 0) is 10.0 Å². The third-order valence-electron chi connectivity index (χ3n) is 3.26. The summed E-state index contributed by atoms with van der Waals surface area (Å²) in [5.41, 5.74) is -0.376. The minimum absolute atomic E-state index is 0.0606. The van der Waals surface area contributed by atoms with E-state index in [0.717, 1.165) is 5.75 Å². The van der Waals surface area contributed by atoms with E-state index in [-0.39, 0.29) is 4.90 Å². The molecule has 1 heterocycles. The number of nitrogens with zero attached hydrogens (tertiary/aromatic N) is 1. The van der Waals surface area contributed by atoms with Crippen molar-refractivity contribution in [1.82, 2.24) is 4.72 Å². The highest BCUT2D eigenvalue weighted by molar-refractivity contribution is 7.99. The Kier molecular flexibility index (Phi) is 4.09. The fraction of sp³-hybridized carbons (Fsp3) is 0.462. The zero-order valence-electron chi connectivity index (χ0n) is 11.2. The van der Waals surface area contributed by atoms with Crippen molar-refractivity contribution in [2.75, 3.05) is 11.5 Å². The molecule has 0 spiro atoms. The van der Waals surface area contributed by atoms with Crippen molar-refractivity contribution >= 4 is 21.8 Å². The molecule has 4 nitrogen and oxygen atoms in total. The van der Waals surface area contributed by atoms with Crippen LogP contribution >= 0.6 is 11.8 Å². The molecule has 1 saturated heterocycles. The van der Waals surface area contributed by atoms with Crippen LogP contribution in [0.1, 0.15) is 17.5 Å². The van der Waals surface area contributed by atoms with Gasteiger partial charge in [0.2, 0.25) is 10.0 Å². The van der Waals surface area contributed by atoms with Gasteiger partial charge in [-0.2, -0.15) is 21.7 Å². The molecular formula is C13H15FN2O2S2. The van der Waals surface area contributed by atoms with Gasteiger partial charge in [0.05, 0.1) is 11.0 Å². The first-order valence-electron chi connectivity index (χ1n) is 6.09. The van der Waals surface area contributed by atoms with Gasteiger partial charge in [0.1, 0.15) is 11.4 Å². The van der Waals surface area contributed by atoms with Gasteiger partial charge in [-0.05, 0) is 49.3 Å². The zero-order chi connectivity index (χ0) is 15.0. The second-order valence-electron chi connectivity index (χ2n) is 4.97. The molecule has 1 aromatic carbocycles. The third kappa shape index (κ3) is 2.82. The molecule has 1 fully saturated rings. The molecular weight excluding hydrogens is 299 g/mol. The first-order valence-corrected chi connectivity index (χ1v) is 8.73. The zero-order valence-corrected chi connectivity index (χ0v) is 12.9. The van der Waals surface area contributed by atoms with Crippen LogP contribution in [0.5, 0.6) is 0 Å². The van der Waals surface area contributed by atoms with Crippen LogP contribution in [0.2, 0.25) is 0 Å². The van der Waals surface area contributed by atoms with Crippen LogP contribution in [0.3, 0.4) is 0 Å². The van der Waals surface area contributed by atoms with Crippen LogP contribution in [0.25, 0.3) is 0 Å². The number of nitrogens with one attached hydrogen (secondary N) is 1. The number of hydrogen-bond donors (Lipinski definition) is 1. The van der Waals surface area contributed by atoms with E-state index in [1.54, 1.807) is 25.6 Å². The highest BCUT2D eigenvalue weighted by atomic mass is 32.2. The van der Waals surface area contributed by atoms with Crippen molar-refractivity contribution in [3.63, 3.8) is 0 Å². The summed E-state index contributed by atoms with van der Waals surface area (Å²) in [5, 5.41) is 9.26. The van der Waals surface area contributed by atoms with Gasteiger partial charge in [0, 0.05) is 5.75 Å². The summed E-state index contributed by atoms with van der Waals surface area (Å²) in [5.74, 6) is 0.713. The van der Waals surface area contributed by atoms with E-state index >= 15 is 0 Å². The molecule has 108 valence electrons. The standard InChI is InChI=1S/C13H15FN2O2S2/c1-9-5-11(14)6-10(2)12(9)20(17,18)16-13(7-15)3-4-19-8-13/h5-6,16H,3-4,8H2,1-2H3. The van der Waals surface area contributed by atoms with Gasteiger partial charge >= 0.3 is 0 Å². The maximum atomic E-state index is 13.3. The Balaban J connectivity index is 2.44. The number of nitriles is 1. The van der Waals surface area contributed by atoms with Crippen LogP contribution in [0.4, 0.5) is 4.39 Å². The average molecular weight is 314 g/mol. The van der Waals surface area contributed by atoms with Crippen molar-refractivity contribution < 1.29 is 12.8 Å². The Labute approximate surface area is 122 Å². The molecule has 1 unspecified atom stereocenters. The lowest BCUT2D eigenvalue weighted by Gasteiger charge is -2.22. The Morgan fingerprint density at radius 1 is 1.40 bits per heavy atom. The van der Waals surface area contributed by atoms with Gasteiger partial charge < -0.3 is 0 Å². The molecule has 20 heavy (non-hydrogen) atoms. The Morgan fingerprint density at radius 2 is 2.00 bits per heavy atom. The molecule has 0 amide bonds. The van der Waals surface area contributed by atoms with Crippen LogP contribution in [-0.4, -0.2) is 25.5 Å². The molecule has 1 atom stereocenters. The van der Waals surface area contributed by atoms with Crippen LogP contribution < -0.4 is 4.72 Å². The van der Waals surface area contributed by atoms with Crippen molar-refractivity contribution in [3.05, 3.63) is 29.1 Å². The van der Waals surface area contributed by atoms with Gasteiger partial charge in [0.15, 0.2) is 0 Å². The SMILES string of the molecule is Cc1cc(F)cc(C)c1S(=O)(=O)NC1(C#N)CCSC1. The number of aryl methyl sites for hydroxylation is 2. The van der Waals surface area contributed by atoms with E-state index in [2.05, 4.69) is 10.8 Å². The van der Waals surface area contributed by atoms with Crippen LogP contribution in [0.15, 0.2) is 17.0 Å². The topological polar surface area (TPSA) is 70.0 Å². The molecule has 7 heteroatoms. The molecule has 0 radical (unpaired) electrons. The minimum atomic E-state index is -3.84. The highest BCUT2D eigenvalue weighted by Gasteiger charge is 2.39. The van der Waals surface area contributed by atoms with E-state index in [1.807, 2.05) is 0 Å². The van der Waals surface area contributed by atoms with Gasteiger partial charge in [0.25, 0.3) is 0 Å². The lowest BCUT2D eigenvalue weighted by molar-refractivity contribution is 0.514. The third-order valence-corrected chi connectivity index (χ3v) is 6.29. The lowest BCUT2D eigenvalue weighted by atomic mass is 10.0. The smallest absolute Gasteiger partial charge is 0.207 e. The molecule has 0 aliphatic carbocycles. The summed E-state index contributed by atoms with van der Waals surface area (Å²) in [6, 6.07) is 4.44. The minimum Gasteiger partial charge on any atom is -0.207 e. The largest absolute Gasteiger partial charge is 0.242 e. The molecule has 0 aromatic heterocycles. The average Bonchev–Trinajstić information content (AvgIpc) is 2.75. The Morgan fingerprint density at radius 3 is 2.45 bits per heavy atom. The first kappa shape index (κ1) is 15.3. The maximum Gasteiger partial charge on any atom is 0.242 e. The monoisotopic (exact) mass is 314 g/mol. The lowest BCUT2D eigenvalue weighted by Crippen LogP contribution is -2.47. The number of hydrogen-bond acceptors (Lipinski definition) is 4. The second-order valence-corrected chi connectivity index (χ2v) is 7.70. The fourth-order valence-corrected chi connectivity index (χ4v) is 5.55. The summed E-state index contributed by atoms with van der Waals surface area (Å²) in [6.45, 7) is 3.10. The van der Waals surface area contributed by atoms with E-state index < -0.39 is 21.4 Å². The molecule has 1 aromatic rings. The number of halogens is 1. The van der Waals surface area contributed by atoms with Crippen molar-refractivity contribution in [2.45, 2.75) is 30.7 Å². The first-order chi connectivity index (χ1) is 9.30. The van der Waals surface area contributed by atoms with E-state index in [1.165, 1.54) is 12.1 Å². The fourth-order valence-electron chi connectivity index (χ4n) is 2.39. The molecule has 1 aliphatic rings. The van der Waals surface area contributed by atoms with E-state index in [4.69, 9.17) is 0 Å². The van der Waals surface area contributed by atoms with Crippen molar-refractivity contribution in [1.29, 1.82) is 5.26 Å². The maximum absolute atomic E-state index is 13.3. The molecule has 2 rings (SSSR count). The quantitative estimate of drug-likeness (QED) is 0.928. The number of rotatable bonds is 3. The molecule has 1 N–H and O–H groups in total. The number of sulfonamides is 1. The predicted molar refractivity (Wildman–Crippen MR) is 76.5 cm³/mol. The molecule has 0 bridgehead atoms. The van der Waals surface area contributed by atoms with Crippen molar-refractivity contribution in [3.8, 4) is 6.07 Å². The summed E-state index contributed by atoms with van der Waals surface area (Å²) in [6.07, 6.45) is 0.479. The second kappa shape index (κ2) is 5.35. The summed E-state index contributed by atoms with van der Waals surface area (Å²) in [7, 11) is -3.84. The number of benzene rings is 1. The van der Waals surface area contributed by atoms with E-state index in [9.17, 15) is 18.1 Å². The highest BCUT2D eigenvalue weighted by Crippen LogP contribution is 2.30. The predicted octanol–water partition coefficient (Wildman–Crippen LogP) is 2.12. The van der Waals surface area contributed by atoms with Gasteiger partial charge in [-0.1, -0.05) is 0 Å². The van der Waals surface area contributed by atoms with Gasteiger partial charge in [-0.3, -0.25) is 0 Å². The molecule has 1 aliphatic heterocycles. The molecule has 0 saturated carbocycles.